The molecule has 0 unspecified atom stereocenters. The highest BCUT2D eigenvalue weighted by Gasteiger charge is 2.29. The highest BCUT2D eigenvalue weighted by molar-refractivity contribution is 7.89. The zero-order valence-corrected chi connectivity index (χ0v) is 18.9. The van der Waals surface area contributed by atoms with E-state index in [9.17, 15) is 13.2 Å². The number of thiazole rings is 1. The van der Waals surface area contributed by atoms with Crippen LogP contribution in [0.5, 0.6) is 0 Å². The maximum Gasteiger partial charge on any atom is 0.244 e. The van der Waals surface area contributed by atoms with Crippen molar-refractivity contribution in [2.45, 2.75) is 32.6 Å². The van der Waals surface area contributed by atoms with Crippen LogP contribution in [-0.2, 0) is 14.8 Å². The Bertz CT molecular complexity index is 929. The molecule has 1 aromatic heterocycles. The molecule has 0 atom stereocenters. The minimum Gasteiger partial charge on any atom is -0.308 e. The van der Waals surface area contributed by atoms with Crippen LogP contribution in [0.25, 0.3) is 0 Å². The number of carbonyl (C=O) groups excluding carboxylic acids is 1. The lowest BCUT2D eigenvalue weighted by Crippen LogP contribution is -2.42. The molecule has 154 valence electrons. The van der Waals surface area contributed by atoms with Gasteiger partial charge >= 0.3 is 0 Å². The predicted molar refractivity (Wildman–Crippen MR) is 113 cm³/mol. The monoisotopic (exact) mass is 424 g/mol. The summed E-state index contributed by atoms with van der Waals surface area (Å²) in [5.74, 6) is -0.404. The van der Waals surface area contributed by atoms with E-state index in [1.807, 2.05) is 50.4 Å². The average molecular weight is 425 g/mol. The van der Waals surface area contributed by atoms with Crippen molar-refractivity contribution in [2.24, 2.45) is 0 Å². The van der Waals surface area contributed by atoms with Crippen molar-refractivity contribution >= 4 is 32.4 Å². The highest BCUT2D eigenvalue weighted by atomic mass is 32.2. The average Bonchev–Trinajstić information content (AvgIpc) is 2.94. The minimum atomic E-state index is -3.83. The number of likely N-dealkylation sites (N-methyl/N-ethyl adjacent to an activating group) is 1. The molecule has 1 aromatic carbocycles. The number of aryl methyl sites for hydroxylation is 4. The minimum absolute atomic E-state index is 0.215. The second kappa shape index (κ2) is 9.13. The zero-order chi connectivity index (χ0) is 21.1. The number of hydrogen-bond acceptors (Lipinski definition) is 6. The van der Waals surface area contributed by atoms with E-state index in [2.05, 4.69) is 10.3 Å². The SMILES string of the molecule is Cc1cc(C)c(S(=O)(=O)N(CCN(C)C)CC(=O)Nc2nc(C)cs2)c(C)c1. The molecule has 0 aliphatic heterocycles. The molecule has 0 spiro atoms. The number of anilines is 1. The van der Waals surface area contributed by atoms with E-state index >= 15 is 0 Å². The van der Waals surface area contributed by atoms with Crippen LogP contribution in [0.1, 0.15) is 22.4 Å². The Hall–Kier alpha value is -1.81. The Morgan fingerprint density at radius 1 is 1.11 bits per heavy atom. The van der Waals surface area contributed by atoms with E-state index in [-0.39, 0.29) is 18.0 Å². The third-order valence-electron chi connectivity index (χ3n) is 4.18. The Balaban J connectivity index is 2.32. The van der Waals surface area contributed by atoms with Crippen molar-refractivity contribution < 1.29 is 13.2 Å². The molecule has 0 saturated heterocycles. The van der Waals surface area contributed by atoms with Crippen molar-refractivity contribution in [2.75, 3.05) is 39.0 Å². The molecule has 2 rings (SSSR count). The summed E-state index contributed by atoms with van der Waals surface area (Å²) in [6.07, 6.45) is 0. The van der Waals surface area contributed by atoms with Gasteiger partial charge in [-0.3, -0.25) is 4.79 Å². The number of rotatable bonds is 8. The molecule has 9 heteroatoms. The summed E-state index contributed by atoms with van der Waals surface area (Å²) in [4.78, 5) is 18.9. The smallest absolute Gasteiger partial charge is 0.244 e. The summed E-state index contributed by atoms with van der Waals surface area (Å²) in [5.41, 5.74) is 3.18. The predicted octanol–water partition coefficient (Wildman–Crippen LogP) is 2.57. The standard InChI is InChI=1S/C19H28N4O3S2/c1-13-9-14(2)18(15(3)10-13)28(25,26)23(8-7-22(5)6)11-17(24)21-19-20-16(4)12-27-19/h9-10,12H,7-8,11H2,1-6H3,(H,20,21,24). The van der Waals surface area contributed by atoms with Crippen LogP contribution in [-0.4, -0.2) is 62.2 Å². The molecular weight excluding hydrogens is 396 g/mol. The fourth-order valence-electron chi connectivity index (χ4n) is 3.03. The van der Waals surface area contributed by atoms with Crippen molar-refractivity contribution in [3.8, 4) is 0 Å². The van der Waals surface area contributed by atoms with Crippen LogP contribution in [0.4, 0.5) is 5.13 Å². The number of hydrogen-bond donors (Lipinski definition) is 1. The van der Waals surface area contributed by atoms with Gasteiger partial charge in [-0.2, -0.15) is 4.31 Å². The van der Waals surface area contributed by atoms with Crippen LogP contribution in [0.3, 0.4) is 0 Å². The van der Waals surface area contributed by atoms with Crippen LogP contribution < -0.4 is 5.32 Å². The first-order chi connectivity index (χ1) is 13.0. The lowest BCUT2D eigenvalue weighted by molar-refractivity contribution is -0.116. The number of amides is 1. The lowest BCUT2D eigenvalue weighted by Gasteiger charge is -2.25. The van der Waals surface area contributed by atoms with E-state index in [4.69, 9.17) is 0 Å². The van der Waals surface area contributed by atoms with Crippen LogP contribution in [0.15, 0.2) is 22.4 Å². The summed E-state index contributed by atoms with van der Waals surface area (Å²) in [6.45, 7) is 7.80. The Morgan fingerprint density at radius 2 is 1.71 bits per heavy atom. The Morgan fingerprint density at radius 3 is 2.21 bits per heavy atom. The molecule has 1 amide bonds. The molecule has 28 heavy (non-hydrogen) atoms. The maximum absolute atomic E-state index is 13.4. The number of carbonyl (C=O) groups is 1. The van der Waals surface area contributed by atoms with E-state index in [0.717, 1.165) is 11.3 Å². The van der Waals surface area contributed by atoms with Gasteiger partial charge in [-0.15, -0.1) is 11.3 Å². The second-order valence-electron chi connectivity index (χ2n) is 7.21. The van der Waals surface area contributed by atoms with E-state index < -0.39 is 15.9 Å². The quantitative estimate of drug-likeness (QED) is 0.704. The molecular formula is C19H28N4O3S2. The Labute approximate surface area is 171 Å². The van der Waals surface area contributed by atoms with Gasteiger partial charge < -0.3 is 10.2 Å². The second-order valence-corrected chi connectivity index (χ2v) is 9.94. The third kappa shape index (κ3) is 5.60. The lowest BCUT2D eigenvalue weighted by atomic mass is 10.1. The van der Waals surface area contributed by atoms with Gasteiger partial charge in [0.1, 0.15) is 0 Å². The van der Waals surface area contributed by atoms with Gasteiger partial charge in [0.15, 0.2) is 5.13 Å². The van der Waals surface area contributed by atoms with E-state index in [1.165, 1.54) is 15.6 Å². The van der Waals surface area contributed by atoms with Gasteiger partial charge in [0.25, 0.3) is 0 Å². The normalized spacial score (nSPS) is 12.0. The first-order valence-electron chi connectivity index (χ1n) is 8.95. The molecule has 0 fully saturated rings. The summed E-state index contributed by atoms with van der Waals surface area (Å²) in [5, 5.41) is 4.99. The number of sulfonamides is 1. The summed E-state index contributed by atoms with van der Waals surface area (Å²) < 4.78 is 28.1. The maximum atomic E-state index is 13.4. The molecule has 0 radical (unpaired) electrons. The third-order valence-corrected chi connectivity index (χ3v) is 7.21. The van der Waals surface area contributed by atoms with Crippen LogP contribution in [0, 0.1) is 27.7 Å². The number of nitrogens with zero attached hydrogens (tertiary/aromatic N) is 3. The molecule has 7 nitrogen and oxygen atoms in total. The van der Waals surface area contributed by atoms with E-state index in [0.29, 0.717) is 22.8 Å². The van der Waals surface area contributed by atoms with Gasteiger partial charge in [0.2, 0.25) is 15.9 Å². The highest BCUT2D eigenvalue weighted by Crippen LogP contribution is 2.25. The van der Waals surface area contributed by atoms with Crippen LogP contribution in [0.2, 0.25) is 0 Å². The molecule has 1 heterocycles. The van der Waals surface area contributed by atoms with Crippen molar-refractivity contribution in [1.82, 2.24) is 14.2 Å². The molecule has 1 N–H and O–H groups in total. The number of aromatic nitrogens is 1. The molecule has 2 aromatic rings. The van der Waals surface area contributed by atoms with Gasteiger partial charge in [-0.25, -0.2) is 13.4 Å². The van der Waals surface area contributed by atoms with Gasteiger partial charge in [0, 0.05) is 18.5 Å². The van der Waals surface area contributed by atoms with Crippen LogP contribution >= 0.6 is 11.3 Å². The fourth-order valence-corrected chi connectivity index (χ4v) is 5.53. The van der Waals surface area contributed by atoms with Crippen molar-refractivity contribution in [3.05, 3.63) is 39.9 Å². The largest absolute Gasteiger partial charge is 0.308 e. The van der Waals surface area contributed by atoms with E-state index in [1.54, 1.807) is 13.8 Å². The zero-order valence-electron chi connectivity index (χ0n) is 17.2. The van der Waals surface area contributed by atoms with Gasteiger partial charge in [0.05, 0.1) is 17.1 Å². The topological polar surface area (TPSA) is 82.6 Å². The molecule has 0 saturated carbocycles. The summed E-state index contributed by atoms with van der Waals surface area (Å²) in [6, 6.07) is 3.70. The van der Waals surface area contributed by atoms with Gasteiger partial charge in [-0.05, 0) is 52.9 Å². The van der Waals surface area contributed by atoms with Gasteiger partial charge in [-0.1, -0.05) is 17.7 Å². The summed E-state index contributed by atoms with van der Waals surface area (Å²) >= 11 is 1.31. The first-order valence-corrected chi connectivity index (χ1v) is 11.3. The molecule has 0 bridgehead atoms. The summed E-state index contributed by atoms with van der Waals surface area (Å²) in [7, 11) is -0.0948. The number of nitrogens with one attached hydrogen (secondary N) is 1. The van der Waals surface area contributed by atoms with Crippen molar-refractivity contribution in [3.63, 3.8) is 0 Å². The molecule has 0 aliphatic rings. The number of benzene rings is 1. The fraction of sp³-hybridized carbons (Fsp3) is 0.474. The first kappa shape index (κ1) is 22.5. The van der Waals surface area contributed by atoms with Crippen molar-refractivity contribution in [1.29, 1.82) is 0 Å². The Kier molecular flexibility index (Phi) is 7.33. The molecule has 0 aliphatic carbocycles.